The third-order valence-corrected chi connectivity index (χ3v) is 2.48. The number of aromatic nitrogens is 1. The van der Waals surface area contributed by atoms with E-state index in [1.807, 2.05) is 30.3 Å². The van der Waals surface area contributed by atoms with E-state index in [1.165, 1.54) is 5.69 Å². The van der Waals surface area contributed by atoms with Crippen molar-refractivity contribution in [1.29, 1.82) is 5.26 Å². The van der Waals surface area contributed by atoms with Crippen molar-refractivity contribution in [2.75, 3.05) is 0 Å². The number of nitrogens with zero attached hydrogens (tertiary/aromatic N) is 2. The van der Waals surface area contributed by atoms with Crippen molar-refractivity contribution in [3.63, 3.8) is 0 Å². The van der Waals surface area contributed by atoms with E-state index >= 15 is 0 Å². The minimum absolute atomic E-state index is 0.702. The molecule has 2 nitrogen and oxygen atoms in total. The van der Waals surface area contributed by atoms with Crippen LogP contribution in [0.1, 0.15) is 12.5 Å². The van der Waals surface area contributed by atoms with E-state index in [2.05, 4.69) is 29.8 Å². The summed E-state index contributed by atoms with van der Waals surface area (Å²) in [4.78, 5) is 0. The molecule has 0 amide bonds. The fraction of sp³-hybridized carbons (Fsp3) is 0.154. The highest BCUT2D eigenvalue weighted by Crippen LogP contribution is 2.20. The second kappa shape index (κ2) is 4.02. The summed E-state index contributed by atoms with van der Waals surface area (Å²) in [6, 6.07) is 13.9. The van der Waals surface area contributed by atoms with Gasteiger partial charge >= 0.3 is 0 Å². The van der Waals surface area contributed by atoms with Crippen LogP contribution in [-0.2, 0) is 6.54 Å². The number of benzene rings is 1. The quantitative estimate of drug-likeness (QED) is 0.725. The first-order valence-electron chi connectivity index (χ1n) is 5.01. The van der Waals surface area contributed by atoms with Crippen LogP contribution in [0.2, 0.25) is 0 Å². The zero-order valence-corrected chi connectivity index (χ0v) is 8.64. The molecular weight excluding hydrogens is 184 g/mol. The van der Waals surface area contributed by atoms with Crippen LogP contribution in [0.5, 0.6) is 0 Å². The van der Waals surface area contributed by atoms with Gasteiger partial charge in [0.15, 0.2) is 0 Å². The Morgan fingerprint density at radius 1 is 1.20 bits per heavy atom. The maximum absolute atomic E-state index is 8.70. The van der Waals surface area contributed by atoms with E-state index in [1.54, 1.807) is 0 Å². The van der Waals surface area contributed by atoms with Crippen LogP contribution in [0.15, 0.2) is 42.6 Å². The minimum atomic E-state index is 0.702. The Morgan fingerprint density at radius 2 is 1.93 bits per heavy atom. The van der Waals surface area contributed by atoms with Gasteiger partial charge in [-0.3, -0.25) is 0 Å². The zero-order chi connectivity index (χ0) is 10.7. The van der Waals surface area contributed by atoms with Crippen molar-refractivity contribution < 1.29 is 0 Å². The molecule has 74 valence electrons. The lowest BCUT2D eigenvalue weighted by Crippen LogP contribution is -1.94. The maximum atomic E-state index is 8.70. The van der Waals surface area contributed by atoms with E-state index < -0.39 is 0 Å². The Bertz CT molecular complexity index is 486. The van der Waals surface area contributed by atoms with Gasteiger partial charge in [0.1, 0.15) is 0 Å². The molecule has 15 heavy (non-hydrogen) atoms. The molecule has 0 aliphatic carbocycles. The third kappa shape index (κ3) is 1.77. The average Bonchev–Trinajstić information content (AvgIpc) is 2.77. The normalized spacial score (nSPS) is 9.87. The van der Waals surface area contributed by atoms with E-state index in [0.29, 0.717) is 5.56 Å². The molecule has 2 heteroatoms. The van der Waals surface area contributed by atoms with Gasteiger partial charge in [-0.15, -0.1) is 0 Å². The largest absolute Gasteiger partial charge is 0.348 e. The molecule has 1 aromatic heterocycles. The highest BCUT2D eigenvalue weighted by molar-refractivity contribution is 5.61. The Balaban J connectivity index is 2.42. The second-order valence-corrected chi connectivity index (χ2v) is 3.37. The van der Waals surface area contributed by atoms with Crippen molar-refractivity contribution >= 4 is 0 Å². The third-order valence-electron chi connectivity index (χ3n) is 2.48. The first-order chi connectivity index (χ1) is 7.35. The van der Waals surface area contributed by atoms with E-state index in [0.717, 1.165) is 12.1 Å². The van der Waals surface area contributed by atoms with Crippen molar-refractivity contribution in [3.05, 3.63) is 48.2 Å². The van der Waals surface area contributed by atoms with Crippen molar-refractivity contribution in [2.45, 2.75) is 13.5 Å². The molecule has 1 aromatic carbocycles. The summed E-state index contributed by atoms with van der Waals surface area (Å²) in [6.45, 7) is 3.08. The molecule has 0 radical (unpaired) electrons. The van der Waals surface area contributed by atoms with Gasteiger partial charge in [-0.25, -0.2) is 0 Å². The van der Waals surface area contributed by atoms with Crippen LogP contribution in [0.4, 0.5) is 0 Å². The van der Waals surface area contributed by atoms with E-state index in [-0.39, 0.29) is 0 Å². The Labute approximate surface area is 89.4 Å². The molecule has 2 aromatic rings. The topological polar surface area (TPSA) is 28.7 Å². The van der Waals surface area contributed by atoms with Crippen LogP contribution in [0.3, 0.4) is 0 Å². The molecule has 0 unspecified atom stereocenters. The zero-order valence-electron chi connectivity index (χ0n) is 8.64. The molecule has 1 heterocycles. The number of rotatable bonds is 2. The monoisotopic (exact) mass is 196 g/mol. The fourth-order valence-electron chi connectivity index (χ4n) is 1.67. The fourth-order valence-corrected chi connectivity index (χ4v) is 1.67. The van der Waals surface area contributed by atoms with Gasteiger partial charge in [0.2, 0.25) is 0 Å². The minimum Gasteiger partial charge on any atom is -0.348 e. The van der Waals surface area contributed by atoms with Crippen molar-refractivity contribution in [2.24, 2.45) is 0 Å². The maximum Gasteiger partial charge on any atom is 0.0991 e. The standard InChI is InChI=1S/C13H12N2/c1-2-15-9-3-4-13(15)12-7-5-11(10-14)6-8-12/h3-9H,2H2,1H3. The average molecular weight is 196 g/mol. The van der Waals surface area contributed by atoms with E-state index in [4.69, 9.17) is 5.26 Å². The van der Waals surface area contributed by atoms with Crippen LogP contribution in [-0.4, -0.2) is 4.57 Å². The van der Waals surface area contributed by atoms with Gasteiger partial charge in [-0.05, 0) is 36.8 Å². The lowest BCUT2D eigenvalue weighted by atomic mass is 10.1. The summed E-state index contributed by atoms with van der Waals surface area (Å²) in [5, 5.41) is 8.70. The molecule has 0 N–H and O–H groups in total. The summed E-state index contributed by atoms with van der Waals surface area (Å²) < 4.78 is 2.18. The molecule has 0 saturated heterocycles. The smallest absolute Gasteiger partial charge is 0.0991 e. The first-order valence-corrected chi connectivity index (χ1v) is 5.01. The molecule has 0 aliphatic heterocycles. The van der Waals surface area contributed by atoms with Gasteiger partial charge in [-0.1, -0.05) is 12.1 Å². The van der Waals surface area contributed by atoms with Gasteiger partial charge in [0, 0.05) is 18.4 Å². The predicted molar refractivity (Wildman–Crippen MR) is 60.3 cm³/mol. The summed E-state index contributed by atoms with van der Waals surface area (Å²) in [6.07, 6.45) is 2.06. The molecule has 0 bridgehead atoms. The lowest BCUT2D eigenvalue weighted by Gasteiger charge is -2.05. The number of hydrogen-bond donors (Lipinski definition) is 0. The summed E-state index contributed by atoms with van der Waals surface area (Å²) in [5.41, 5.74) is 3.05. The molecular formula is C13H12N2. The molecule has 0 fully saturated rings. The Kier molecular flexibility index (Phi) is 2.55. The van der Waals surface area contributed by atoms with Crippen LogP contribution >= 0.6 is 0 Å². The van der Waals surface area contributed by atoms with Crippen LogP contribution < -0.4 is 0 Å². The highest BCUT2D eigenvalue weighted by Gasteiger charge is 2.01. The second-order valence-electron chi connectivity index (χ2n) is 3.37. The number of aryl methyl sites for hydroxylation is 1. The summed E-state index contributed by atoms with van der Waals surface area (Å²) in [7, 11) is 0. The Morgan fingerprint density at radius 3 is 2.53 bits per heavy atom. The van der Waals surface area contributed by atoms with E-state index in [9.17, 15) is 0 Å². The first kappa shape index (κ1) is 9.54. The van der Waals surface area contributed by atoms with Gasteiger partial charge < -0.3 is 4.57 Å². The number of nitriles is 1. The molecule has 0 aliphatic rings. The van der Waals surface area contributed by atoms with Crippen LogP contribution in [0.25, 0.3) is 11.3 Å². The highest BCUT2D eigenvalue weighted by atomic mass is 15.0. The summed E-state index contributed by atoms with van der Waals surface area (Å²) >= 11 is 0. The summed E-state index contributed by atoms with van der Waals surface area (Å²) in [5.74, 6) is 0. The van der Waals surface area contributed by atoms with Crippen molar-refractivity contribution in [1.82, 2.24) is 4.57 Å². The van der Waals surface area contributed by atoms with Gasteiger partial charge in [-0.2, -0.15) is 5.26 Å². The predicted octanol–water partition coefficient (Wildman–Crippen LogP) is 3.05. The Hall–Kier alpha value is -2.01. The van der Waals surface area contributed by atoms with Crippen LogP contribution in [0, 0.1) is 11.3 Å². The lowest BCUT2D eigenvalue weighted by molar-refractivity contribution is 0.777. The molecule has 2 rings (SSSR count). The number of hydrogen-bond acceptors (Lipinski definition) is 1. The van der Waals surface area contributed by atoms with Gasteiger partial charge in [0.25, 0.3) is 0 Å². The molecule has 0 spiro atoms. The van der Waals surface area contributed by atoms with Crippen molar-refractivity contribution in [3.8, 4) is 17.3 Å². The molecule has 0 atom stereocenters. The van der Waals surface area contributed by atoms with Gasteiger partial charge in [0.05, 0.1) is 11.6 Å². The molecule has 0 saturated carbocycles. The SMILES string of the molecule is CCn1cccc1-c1ccc(C#N)cc1.